The molecular weight excluding hydrogens is 1060 g/mol. The molecule has 19 heteroatoms. The zero-order chi connectivity index (χ0) is 58.0. The molecule has 4 saturated heterocycles. The standard InChI is InChI=1S/C48H54O9.C15H28O10/c1-34-42(49)45(43(35(2)55-34)51-29-37-20-10-4-11-21-37)57-48-47(54-32-40-26-16-7-17-27-40)46(53-31-39-24-14-6-15-25-39)44(52-30-38-22-12-5-13-23-38)41(56-48)33-50-28-36-18-8-3-9-19-36;1-3-4-22-14-12(21)13(8(17)6(2)23-14)25-15-11(20)10(19)9(18)7(5-16)24-15/h3-27,34-35,41-49H,28-33H2,1-2H3;6-21H,3-5H2,1-2H3/t34-,35?,41-,42?,43-,44+,45+,46?,47?,48+;6?,7-,8-,9+,10?,11?,12?,13-,14+,15+/m00/s1. The summed E-state index contributed by atoms with van der Waals surface area (Å²) in [7, 11) is 0. The summed E-state index contributed by atoms with van der Waals surface area (Å²) in [6.45, 7) is 8.71. The molecule has 82 heavy (non-hydrogen) atoms. The van der Waals surface area contributed by atoms with E-state index < -0.39 is 123 Å². The second-order valence-electron chi connectivity index (χ2n) is 21.1. The Morgan fingerprint density at radius 3 is 1.28 bits per heavy atom. The van der Waals surface area contributed by atoms with E-state index in [2.05, 4.69) is 0 Å². The lowest BCUT2D eigenvalue weighted by molar-refractivity contribution is -0.358. The van der Waals surface area contributed by atoms with Gasteiger partial charge in [-0.2, -0.15) is 0 Å². The third-order valence-electron chi connectivity index (χ3n) is 14.9. The van der Waals surface area contributed by atoms with Crippen LogP contribution in [0.3, 0.4) is 0 Å². The largest absolute Gasteiger partial charge is 0.394 e. The monoisotopic (exact) mass is 1140 g/mol. The lowest BCUT2D eigenvalue weighted by Crippen LogP contribution is -2.65. The highest BCUT2D eigenvalue weighted by Crippen LogP contribution is 2.36. The summed E-state index contributed by atoms with van der Waals surface area (Å²) in [5.41, 5.74) is 5.02. The normalized spacial score (nSPS) is 33.9. The second kappa shape index (κ2) is 32.0. The van der Waals surface area contributed by atoms with Crippen molar-refractivity contribution in [3.63, 3.8) is 0 Å². The van der Waals surface area contributed by atoms with E-state index >= 15 is 0 Å². The highest BCUT2D eigenvalue weighted by Gasteiger charge is 2.54. The third kappa shape index (κ3) is 17.3. The van der Waals surface area contributed by atoms with Gasteiger partial charge in [-0.1, -0.05) is 159 Å². The topological polar surface area (TPSA) is 252 Å². The van der Waals surface area contributed by atoms with Crippen LogP contribution < -0.4 is 0 Å². The minimum absolute atomic E-state index is 0.182. The maximum Gasteiger partial charge on any atom is 0.187 e. The van der Waals surface area contributed by atoms with Crippen molar-refractivity contribution >= 4 is 0 Å². The van der Waals surface area contributed by atoms with E-state index in [4.69, 9.17) is 56.8 Å². The van der Waals surface area contributed by atoms with Crippen molar-refractivity contribution in [1.82, 2.24) is 0 Å². The van der Waals surface area contributed by atoms with Crippen LogP contribution in [0.4, 0.5) is 0 Å². The lowest BCUT2D eigenvalue weighted by atomic mass is 9.94. The Balaban J connectivity index is 0.000000294. The molecule has 8 unspecified atom stereocenters. The van der Waals surface area contributed by atoms with Gasteiger partial charge in [-0.3, -0.25) is 0 Å². The average Bonchev–Trinajstić information content (AvgIpc) is 3.33. The van der Waals surface area contributed by atoms with Gasteiger partial charge in [-0.25, -0.2) is 0 Å². The SMILES string of the molecule is CC1O[C@@H](C)C(O)[C@@H](O[C@H]2O[C@@H](COCc3ccccc3)[C@@H](OCc3ccccc3)C(OCc3ccccc3)C2OCc2ccccc2)[C@H]1OCc1ccccc1.CCCO[C@@H]1OC(C)[C@H](O)[C@H](O[C@H]2O[C@@H](CO)[C@@H](O)C(O)C2O)C1O. The summed E-state index contributed by atoms with van der Waals surface area (Å²) in [5, 5.41) is 71.2. The minimum atomic E-state index is -1.63. The summed E-state index contributed by atoms with van der Waals surface area (Å²) < 4.78 is 75.1. The molecule has 448 valence electrons. The number of hydrogen-bond donors (Lipinski definition) is 7. The van der Waals surface area contributed by atoms with E-state index in [0.717, 1.165) is 27.8 Å². The van der Waals surface area contributed by atoms with Gasteiger partial charge < -0.3 is 92.6 Å². The predicted molar refractivity (Wildman–Crippen MR) is 297 cm³/mol. The molecule has 5 aromatic rings. The van der Waals surface area contributed by atoms with Crippen molar-refractivity contribution in [3.05, 3.63) is 179 Å². The maximum absolute atomic E-state index is 11.8. The van der Waals surface area contributed by atoms with E-state index in [0.29, 0.717) is 39.5 Å². The summed E-state index contributed by atoms with van der Waals surface area (Å²) >= 11 is 0. The van der Waals surface area contributed by atoms with Crippen LogP contribution >= 0.6 is 0 Å². The van der Waals surface area contributed by atoms with Crippen molar-refractivity contribution in [2.75, 3.05) is 19.8 Å². The van der Waals surface area contributed by atoms with Gasteiger partial charge in [0.1, 0.15) is 85.5 Å². The van der Waals surface area contributed by atoms with Crippen LogP contribution in [-0.4, -0.2) is 178 Å². The van der Waals surface area contributed by atoms with Gasteiger partial charge >= 0.3 is 0 Å². The molecule has 0 amide bonds. The first-order valence-electron chi connectivity index (χ1n) is 28.3. The molecule has 0 bridgehead atoms. The first kappa shape index (κ1) is 63.4. The minimum Gasteiger partial charge on any atom is -0.394 e. The molecule has 20 atom stereocenters. The molecule has 4 aliphatic heterocycles. The fraction of sp³-hybridized carbons (Fsp3) is 0.524. The molecule has 5 aromatic carbocycles. The molecule has 0 aromatic heterocycles. The Hall–Kier alpha value is -4.66. The van der Waals surface area contributed by atoms with Gasteiger partial charge in [0.15, 0.2) is 18.9 Å². The summed E-state index contributed by atoms with van der Waals surface area (Å²) in [4.78, 5) is 0. The Bertz CT molecular complexity index is 2520. The molecule has 9 rings (SSSR count). The Morgan fingerprint density at radius 2 is 0.780 bits per heavy atom. The molecule has 19 nitrogen and oxygen atoms in total. The van der Waals surface area contributed by atoms with Crippen LogP contribution in [0.2, 0.25) is 0 Å². The first-order chi connectivity index (χ1) is 39.8. The van der Waals surface area contributed by atoms with Crippen LogP contribution in [0.15, 0.2) is 152 Å². The highest BCUT2D eigenvalue weighted by molar-refractivity contribution is 5.17. The van der Waals surface area contributed by atoms with Crippen LogP contribution in [0.25, 0.3) is 0 Å². The van der Waals surface area contributed by atoms with Crippen molar-refractivity contribution in [3.8, 4) is 0 Å². The number of ether oxygens (including phenoxy) is 12. The summed E-state index contributed by atoms with van der Waals surface area (Å²) in [6, 6.07) is 50.0. The third-order valence-corrected chi connectivity index (χ3v) is 14.9. The van der Waals surface area contributed by atoms with Gasteiger partial charge in [0.2, 0.25) is 0 Å². The second-order valence-corrected chi connectivity index (χ2v) is 21.1. The zero-order valence-corrected chi connectivity index (χ0v) is 46.9. The number of benzene rings is 5. The van der Waals surface area contributed by atoms with Crippen LogP contribution in [-0.2, 0) is 89.9 Å². The lowest BCUT2D eigenvalue weighted by Gasteiger charge is -2.49. The molecule has 0 radical (unpaired) electrons. The fourth-order valence-electron chi connectivity index (χ4n) is 10.3. The Kier molecular flexibility index (Phi) is 24.7. The number of rotatable bonds is 24. The average molecular weight is 1140 g/mol. The molecule has 4 heterocycles. The zero-order valence-electron chi connectivity index (χ0n) is 46.9. The van der Waals surface area contributed by atoms with Gasteiger partial charge in [0.05, 0.1) is 64.6 Å². The smallest absolute Gasteiger partial charge is 0.187 e. The van der Waals surface area contributed by atoms with Gasteiger partial charge in [-0.05, 0) is 55.0 Å². The van der Waals surface area contributed by atoms with Crippen molar-refractivity contribution in [2.24, 2.45) is 0 Å². The van der Waals surface area contributed by atoms with Crippen LogP contribution in [0, 0.1) is 0 Å². The fourth-order valence-corrected chi connectivity index (χ4v) is 10.3. The first-order valence-corrected chi connectivity index (χ1v) is 28.3. The summed E-state index contributed by atoms with van der Waals surface area (Å²) in [5.74, 6) is 0. The molecular formula is C63H82O19. The van der Waals surface area contributed by atoms with E-state index in [1.54, 1.807) is 6.92 Å². The molecule has 0 spiro atoms. The predicted octanol–water partition coefficient (Wildman–Crippen LogP) is 4.89. The molecule has 0 saturated carbocycles. The number of aliphatic hydroxyl groups is 7. The van der Waals surface area contributed by atoms with E-state index in [1.165, 1.54) is 0 Å². The van der Waals surface area contributed by atoms with Gasteiger partial charge in [-0.15, -0.1) is 0 Å². The van der Waals surface area contributed by atoms with Gasteiger partial charge in [0, 0.05) is 6.61 Å². The molecule has 4 fully saturated rings. The van der Waals surface area contributed by atoms with E-state index in [-0.39, 0.29) is 19.3 Å². The van der Waals surface area contributed by atoms with Crippen molar-refractivity contribution < 1.29 is 92.6 Å². The van der Waals surface area contributed by atoms with Crippen molar-refractivity contribution in [2.45, 2.75) is 190 Å². The highest BCUT2D eigenvalue weighted by atomic mass is 16.8. The maximum atomic E-state index is 11.8. The molecule has 7 N–H and O–H groups in total. The summed E-state index contributed by atoms with van der Waals surface area (Å²) in [6.07, 6.45) is -19.5. The quantitative estimate of drug-likeness (QED) is 0.0435. The number of aliphatic hydroxyl groups excluding tert-OH is 7. The Labute approximate surface area is 480 Å². The Morgan fingerprint density at radius 1 is 0.354 bits per heavy atom. The van der Waals surface area contributed by atoms with Crippen LogP contribution in [0.1, 0.15) is 61.9 Å². The van der Waals surface area contributed by atoms with Gasteiger partial charge in [0.25, 0.3) is 0 Å². The van der Waals surface area contributed by atoms with Crippen molar-refractivity contribution in [1.29, 1.82) is 0 Å². The van der Waals surface area contributed by atoms with Crippen LogP contribution in [0.5, 0.6) is 0 Å². The molecule has 4 aliphatic rings. The molecule has 0 aliphatic carbocycles. The van der Waals surface area contributed by atoms with E-state index in [1.807, 2.05) is 172 Å². The number of hydrogen-bond acceptors (Lipinski definition) is 19. The van der Waals surface area contributed by atoms with E-state index in [9.17, 15) is 35.7 Å².